The van der Waals surface area contributed by atoms with E-state index in [2.05, 4.69) is 20.4 Å². The molecule has 0 fully saturated rings. The minimum Gasteiger partial charge on any atom is -0.360 e. The van der Waals surface area contributed by atoms with Gasteiger partial charge in [-0.1, -0.05) is 11.3 Å². The highest BCUT2D eigenvalue weighted by molar-refractivity contribution is 7.20. The maximum atomic E-state index is 12.7. The molecule has 0 aromatic carbocycles. The second-order valence-corrected chi connectivity index (χ2v) is 6.95. The maximum Gasteiger partial charge on any atom is 0.434 e. The van der Waals surface area contributed by atoms with Gasteiger partial charge >= 0.3 is 6.18 Å². The van der Waals surface area contributed by atoms with Crippen LogP contribution in [0, 0.1) is 12.8 Å². The Hall–Kier alpha value is -2.10. The van der Waals surface area contributed by atoms with Gasteiger partial charge in [-0.05, 0) is 19.3 Å². The van der Waals surface area contributed by atoms with Crippen LogP contribution in [0.4, 0.5) is 18.3 Å². The lowest BCUT2D eigenvalue weighted by molar-refractivity contribution is -0.141. The van der Waals surface area contributed by atoms with E-state index in [4.69, 9.17) is 0 Å². The molecule has 0 radical (unpaired) electrons. The summed E-state index contributed by atoms with van der Waals surface area (Å²) in [5, 5.41) is 8.43. The predicted molar refractivity (Wildman–Crippen MR) is 83.1 cm³/mol. The summed E-state index contributed by atoms with van der Waals surface area (Å²) in [7, 11) is 0. The van der Waals surface area contributed by atoms with E-state index in [9.17, 15) is 13.2 Å². The summed E-state index contributed by atoms with van der Waals surface area (Å²) < 4.78 is 41.6. The number of hydrogen-bond acceptors (Lipinski definition) is 5. The summed E-state index contributed by atoms with van der Waals surface area (Å²) in [5.74, 6) is 0.757. The van der Waals surface area contributed by atoms with Gasteiger partial charge in [-0.2, -0.15) is 13.2 Å². The summed E-state index contributed by atoms with van der Waals surface area (Å²) in [6, 6.07) is 0. The van der Waals surface area contributed by atoms with Crippen molar-refractivity contribution >= 4 is 21.4 Å². The van der Waals surface area contributed by atoms with Crippen LogP contribution >= 0.6 is 11.3 Å². The molecule has 0 spiro atoms. The molecule has 0 aliphatic carbocycles. The van der Waals surface area contributed by atoms with Crippen molar-refractivity contribution in [2.45, 2.75) is 32.5 Å². The Kier molecular flexibility index (Phi) is 3.52. The van der Waals surface area contributed by atoms with Gasteiger partial charge in [0.1, 0.15) is 5.82 Å². The summed E-state index contributed by atoms with van der Waals surface area (Å²) >= 11 is 1.46. The lowest BCUT2D eigenvalue weighted by atomic mass is 9.99. The highest BCUT2D eigenvalue weighted by atomic mass is 32.1. The molecule has 3 aromatic heterocycles. The molecular weight excluding hydrogens is 341 g/mol. The van der Waals surface area contributed by atoms with Gasteiger partial charge in [-0.15, -0.1) is 5.10 Å². The fourth-order valence-corrected chi connectivity index (χ4v) is 3.76. The van der Waals surface area contributed by atoms with Crippen molar-refractivity contribution in [1.82, 2.24) is 24.1 Å². The number of fused-ring (bicyclic) bond motifs is 2. The largest absolute Gasteiger partial charge is 0.434 e. The highest BCUT2D eigenvalue weighted by Crippen LogP contribution is 2.31. The first-order chi connectivity index (χ1) is 11.4. The first-order valence-electron chi connectivity index (χ1n) is 7.58. The number of nitrogens with zero attached hydrogens (tertiary/aromatic N) is 5. The van der Waals surface area contributed by atoms with Crippen LogP contribution in [0.2, 0.25) is 0 Å². The average Bonchev–Trinajstić information content (AvgIpc) is 3.15. The van der Waals surface area contributed by atoms with E-state index < -0.39 is 11.9 Å². The van der Waals surface area contributed by atoms with Gasteiger partial charge in [-0.3, -0.25) is 0 Å². The van der Waals surface area contributed by atoms with Gasteiger partial charge in [0.15, 0.2) is 5.69 Å². The van der Waals surface area contributed by atoms with Crippen LogP contribution < -0.4 is 5.32 Å². The summed E-state index contributed by atoms with van der Waals surface area (Å²) in [4.78, 5) is 8.87. The zero-order chi connectivity index (χ0) is 16.9. The molecule has 1 aliphatic rings. The second kappa shape index (κ2) is 5.47. The number of anilines is 1. The third kappa shape index (κ3) is 2.85. The molecule has 0 unspecified atom stereocenters. The molecule has 0 saturated carbocycles. The number of rotatable bonds is 3. The van der Waals surface area contributed by atoms with Crippen molar-refractivity contribution in [3.8, 4) is 0 Å². The van der Waals surface area contributed by atoms with Gasteiger partial charge in [-0.25, -0.2) is 14.5 Å². The van der Waals surface area contributed by atoms with Crippen LogP contribution in [0.1, 0.15) is 23.6 Å². The maximum absolute atomic E-state index is 12.7. The molecule has 3 aromatic rings. The monoisotopic (exact) mass is 356 g/mol. The van der Waals surface area contributed by atoms with E-state index in [1.807, 2.05) is 13.1 Å². The van der Waals surface area contributed by atoms with Gasteiger partial charge in [0.25, 0.3) is 0 Å². The Labute approximate surface area is 139 Å². The Bertz CT molecular complexity index is 845. The Morgan fingerprint density at radius 2 is 2.17 bits per heavy atom. The van der Waals surface area contributed by atoms with Crippen LogP contribution in [-0.4, -0.2) is 30.7 Å². The topological polar surface area (TPSA) is 60.0 Å². The molecule has 0 saturated heterocycles. The molecule has 1 aliphatic heterocycles. The Morgan fingerprint density at radius 1 is 1.33 bits per heavy atom. The molecule has 24 heavy (non-hydrogen) atoms. The van der Waals surface area contributed by atoms with Crippen molar-refractivity contribution in [2.24, 2.45) is 5.92 Å². The van der Waals surface area contributed by atoms with Crippen molar-refractivity contribution in [3.63, 3.8) is 0 Å². The number of alkyl halides is 3. The fourth-order valence-electron chi connectivity index (χ4n) is 2.93. The smallest absolute Gasteiger partial charge is 0.360 e. The molecule has 1 atom stereocenters. The third-order valence-electron chi connectivity index (χ3n) is 4.09. The minimum atomic E-state index is -4.38. The SMILES string of the molecule is Cc1cn2nc(NC[C@H]3CCc4nc(C(F)(F)F)cn4C3)sc2n1. The van der Waals surface area contributed by atoms with Crippen LogP contribution in [0.5, 0.6) is 0 Å². The summed E-state index contributed by atoms with van der Waals surface area (Å²) in [6.07, 6.45) is -0.0482. The third-order valence-corrected chi connectivity index (χ3v) is 4.97. The molecule has 1 N–H and O–H groups in total. The minimum absolute atomic E-state index is 0.241. The molecule has 6 nitrogen and oxygen atoms in total. The summed E-state index contributed by atoms with van der Waals surface area (Å²) in [5.41, 5.74) is 0.114. The number of imidazole rings is 2. The molecule has 10 heteroatoms. The zero-order valence-corrected chi connectivity index (χ0v) is 13.7. The van der Waals surface area contributed by atoms with Gasteiger partial charge in [0.05, 0.1) is 11.9 Å². The molecule has 0 bridgehead atoms. The lowest BCUT2D eigenvalue weighted by Crippen LogP contribution is -2.25. The van der Waals surface area contributed by atoms with E-state index in [1.54, 1.807) is 9.08 Å². The van der Waals surface area contributed by atoms with Crippen molar-refractivity contribution in [3.05, 3.63) is 29.6 Å². The Morgan fingerprint density at radius 3 is 2.92 bits per heavy atom. The van der Waals surface area contributed by atoms with E-state index in [-0.39, 0.29) is 5.92 Å². The number of aryl methyl sites for hydroxylation is 2. The van der Waals surface area contributed by atoms with E-state index in [0.717, 1.165) is 28.4 Å². The molecular formula is C14H15F3N6S. The second-order valence-electron chi connectivity index (χ2n) is 5.99. The van der Waals surface area contributed by atoms with Gasteiger partial charge in [0, 0.05) is 25.7 Å². The highest BCUT2D eigenvalue weighted by Gasteiger charge is 2.35. The average molecular weight is 356 g/mol. The lowest BCUT2D eigenvalue weighted by Gasteiger charge is -2.23. The van der Waals surface area contributed by atoms with E-state index in [1.165, 1.54) is 11.3 Å². The van der Waals surface area contributed by atoms with Crippen LogP contribution in [0.25, 0.3) is 4.96 Å². The van der Waals surface area contributed by atoms with Crippen molar-refractivity contribution in [1.29, 1.82) is 0 Å². The zero-order valence-electron chi connectivity index (χ0n) is 12.8. The normalized spacial score (nSPS) is 18.1. The quantitative estimate of drug-likeness (QED) is 0.784. The molecule has 0 amide bonds. The van der Waals surface area contributed by atoms with Crippen LogP contribution in [-0.2, 0) is 19.1 Å². The van der Waals surface area contributed by atoms with Crippen molar-refractivity contribution < 1.29 is 13.2 Å². The fraction of sp³-hybridized carbons (Fsp3) is 0.500. The Balaban J connectivity index is 1.41. The number of halogens is 3. The van der Waals surface area contributed by atoms with Crippen molar-refractivity contribution in [2.75, 3.05) is 11.9 Å². The van der Waals surface area contributed by atoms with Crippen LogP contribution in [0.15, 0.2) is 12.4 Å². The molecule has 128 valence electrons. The van der Waals surface area contributed by atoms with Crippen LogP contribution in [0.3, 0.4) is 0 Å². The standard InChI is InChI=1S/C14H15F3N6S/c1-8-5-23-13(19-8)24-12(21-23)18-4-9-2-3-11-20-10(14(15,16)17)7-22(11)6-9/h5,7,9H,2-4,6H2,1H3,(H,18,21)/t9-/m1/s1. The number of nitrogens with one attached hydrogen (secondary N) is 1. The van der Waals surface area contributed by atoms with E-state index in [0.29, 0.717) is 25.3 Å². The first-order valence-corrected chi connectivity index (χ1v) is 8.40. The van der Waals surface area contributed by atoms with Gasteiger partial charge in [0.2, 0.25) is 10.1 Å². The number of aromatic nitrogens is 5. The van der Waals surface area contributed by atoms with Gasteiger partial charge < -0.3 is 9.88 Å². The summed E-state index contributed by atoms with van der Waals surface area (Å²) in [6.45, 7) is 3.11. The number of hydrogen-bond donors (Lipinski definition) is 1. The molecule has 4 rings (SSSR count). The molecule has 4 heterocycles. The predicted octanol–water partition coefficient (Wildman–Crippen LogP) is 2.99. The first kappa shape index (κ1) is 15.4. The van der Waals surface area contributed by atoms with E-state index >= 15 is 0 Å².